The summed E-state index contributed by atoms with van der Waals surface area (Å²) in [6.45, 7) is 2.21. The van der Waals surface area contributed by atoms with Gasteiger partial charge in [-0.3, -0.25) is 0 Å². The van der Waals surface area contributed by atoms with Gasteiger partial charge in [0.1, 0.15) is 0 Å². The normalized spacial score (nSPS) is 37.4. The molecule has 3 atom stereocenters. The molecule has 0 heterocycles. The molecule has 0 amide bonds. The van der Waals surface area contributed by atoms with Crippen LogP contribution in [0, 0.1) is 28.6 Å². The van der Waals surface area contributed by atoms with Crippen LogP contribution < -0.4 is 0 Å². The van der Waals surface area contributed by atoms with Gasteiger partial charge < -0.3 is 5.11 Å². The molecule has 2 aliphatic carbocycles. The van der Waals surface area contributed by atoms with E-state index in [4.69, 9.17) is 0 Å². The van der Waals surface area contributed by atoms with Crippen molar-refractivity contribution in [3.63, 3.8) is 0 Å². The molecule has 0 spiro atoms. The minimum absolute atomic E-state index is 0.377. The van der Waals surface area contributed by atoms with Crippen molar-refractivity contribution < 1.29 is 5.11 Å². The zero-order valence-corrected chi connectivity index (χ0v) is 11.0. The Morgan fingerprint density at radius 2 is 1.82 bits per heavy atom. The molecular weight excluding hydrogens is 210 g/mol. The van der Waals surface area contributed by atoms with E-state index in [-0.39, 0.29) is 6.10 Å². The van der Waals surface area contributed by atoms with Gasteiger partial charge in [-0.15, -0.1) is 0 Å². The molecule has 0 radical (unpaired) electrons. The fraction of sp³-hybridized carbons (Fsp3) is 0.933. The van der Waals surface area contributed by atoms with Crippen molar-refractivity contribution in [2.75, 3.05) is 0 Å². The first kappa shape index (κ1) is 12.9. The summed E-state index contributed by atoms with van der Waals surface area (Å²) in [5.41, 5.74) is -0.422. The van der Waals surface area contributed by atoms with E-state index in [1.807, 2.05) is 0 Å². The Morgan fingerprint density at radius 1 is 1.18 bits per heavy atom. The molecule has 0 aliphatic heterocycles. The van der Waals surface area contributed by atoms with Crippen molar-refractivity contribution in [1.29, 1.82) is 5.26 Å². The maximum Gasteiger partial charge on any atom is 0.0837 e. The minimum atomic E-state index is -0.422. The number of hydrogen-bond donors (Lipinski definition) is 1. The average molecular weight is 235 g/mol. The van der Waals surface area contributed by atoms with Gasteiger partial charge in [-0.1, -0.05) is 32.6 Å². The van der Waals surface area contributed by atoms with Gasteiger partial charge in [0.15, 0.2) is 0 Å². The third-order valence-corrected chi connectivity index (χ3v) is 4.93. The van der Waals surface area contributed by atoms with Crippen LogP contribution in [0.1, 0.15) is 64.7 Å². The topological polar surface area (TPSA) is 44.0 Å². The first-order valence-corrected chi connectivity index (χ1v) is 7.27. The summed E-state index contributed by atoms with van der Waals surface area (Å²) in [5, 5.41) is 20.1. The Bertz CT molecular complexity index is 288. The standard InChI is InChI=1S/C15H25NO/c1-12-8-9-15(10-12,11-16)14(17)13-6-4-2-3-5-7-13/h12-14,17H,2-10H2,1H3. The molecular formula is C15H25NO. The van der Waals surface area contributed by atoms with Crippen molar-refractivity contribution in [2.24, 2.45) is 17.3 Å². The highest BCUT2D eigenvalue weighted by Crippen LogP contribution is 2.47. The molecule has 3 unspecified atom stereocenters. The number of rotatable bonds is 2. The van der Waals surface area contributed by atoms with Gasteiger partial charge in [0.25, 0.3) is 0 Å². The van der Waals surface area contributed by atoms with E-state index in [1.165, 1.54) is 25.7 Å². The Kier molecular flexibility index (Phi) is 4.09. The molecule has 0 saturated heterocycles. The van der Waals surface area contributed by atoms with Gasteiger partial charge in [0.05, 0.1) is 17.6 Å². The first-order chi connectivity index (χ1) is 8.18. The average Bonchev–Trinajstić information content (AvgIpc) is 2.56. The number of nitrogens with zero attached hydrogens (tertiary/aromatic N) is 1. The maximum absolute atomic E-state index is 10.6. The fourth-order valence-corrected chi connectivity index (χ4v) is 3.84. The molecule has 0 aromatic carbocycles. The quantitative estimate of drug-likeness (QED) is 0.742. The largest absolute Gasteiger partial charge is 0.391 e. The highest BCUT2D eigenvalue weighted by Gasteiger charge is 2.46. The van der Waals surface area contributed by atoms with E-state index in [0.717, 1.165) is 32.1 Å². The zero-order valence-electron chi connectivity index (χ0n) is 11.0. The van der Waals surface area contributed by atoms with Gasteiger partial charge >= 0.3 is 0 Å². The van der Waals surface area contributed by atoms with E-state index < -0.39 is 5.41 Å². The van der Waals surface area contributed by atoms with Crippen molar-refractivity contribution in [2.45, 2.75) is 70.8 Å². The van der Waals surface area contributed by atoms with Crippen LogP contribution in [0.4, 0.5) is 0 Å². The van der Waals surface area contributed by atoms with Crippen LogP contribution in [0.25, 0.3) is 0 Å². The van der Waals surface area contributed by atoms with Gasteiger partial charge in [0.2, 0.25) is 0 Å². The first-order valence-electron chi connectivity index (χ1n) is 7.27. The van der Waals surface area contributed by atoms with Crippen LogP contribution in [0.15, 0.2) is 0 Å². The second-order valence-corrected chi connectivity index (χ2v) is 6.31. The lowest BCUT2D eigenvalue weighted by molar-refractivity contribution is 0.00837. The van der Waals surface area contributed by atoms with E-state index in [9.17, 15) is 10.4 Å². The molecule has 17 heavy (non-hydrogen) atoms. The Balaban J connectivity index is 2.06. The van der Waals surface area contributed by atoms with E-state index in [2.05, 4.69) is 13.0 Å². The third-order valence-electron chi connectivity index (χ3n) is 4.93. The summed E-state index contributed by atoms with van der Waals surface area (Å²) in [5.74, 6) is 0.984. The maximum atomic E-state index is 10.6. The van der Waals surface area contributed by atoms with Crippen LogP contribution in [0.3, 0.4) is 0 Å². The van der Waals surface area contributed by atoms with Crippen molar-refractivity contribution in [1.82, 2.24) is 0 Å². The lowest BCUT2D eigenvalue weighted by Crippen LogP contribution is -2.37. The lowest BCUT2D eigenvalue weighted by atomic mass is 9.73. The number of nitriles is 1. The second-order valence-electron chi connectivity index (χ2n) is 6.31. The Hall–Kier alpha value is -0.550. The molecule has 96 valence electrons. The Morgan fingerprint density at radius 3 is 2.29 bits per heavy atom. The molecule has 2 saturated carbocycles. The molecule has 1 N–H and O–H groups in total. The van der Waals surface area contributed by atoms with Gasteiger partial charge in [0, 0.05) is 0 Å². The highest BCUT2D eigenvalue weighted by atomic mass is 16.3. The van der Waals surface area contributed by atoms with E-state index in [0.29, 0.717) is 11.8 Å². The van der Waals surface area contributed by atoms with Crippen LogP contribution in [-0.2, 0) is 0 Å². The summed E-state index contributed by atoms with van der Waals surface area (Å²) >= 11 is 0. The van der Waals surface area contributed by atoms with Gasteiger partial charge in [-0.05, 0) is 43.9 Å². The molecule has 2 nitrogen and oxygen atoms in total. The van der Waals surface area contributed by atoms with Gasteiger partial charge in [-0.2, -0.15) is 5.26 Å². The molecule has 0 aromatic rings. The second kappa shape index (κ2) is 5.40. The van der Waals surface area contributed by atoms with E-state index in [1.54, 1.807) is 0 Å². The monoisotopic (exact) mass is 235 g/mol. The molecule has 2 fully saturated rings. The van der Waals surface area contributed by atoms with Gasteiger partial charge in [-0.25, -0.2) is 0 Å². The summed E-state index contributed by atoms with van der Waals surface area (Å²) in [4.78, 5) is 0. The zero-order chi connectivity index (χ0) is 12.3. The predicted molar refractivity (Wildman–Crippen MR) is 68.3 cm³/mol. The SMILES string of the molecule is CC1CCC(C#N)(C(O)C2CCCCCC2)C1. The molecule has 2 rings (SSSR count). The molecule has 0 bridgehead atoms. The van der Waals surface area contributed by atoms with Crippen LogP contribution in [0.5, 0.6) is 0 Å². The molecule has 0 aromatic heterocycles. The van der Waals surface area contributed by atoms with Crippen LogP contribution in [0.2, 0.25) is 0 Å². The molecule has 2 heteroatoms. The van der Waals surface area contributed by atoms with Crippen molar-refractivity contribution >= 4 is 0 Å². The summed E-state index contributed by atoms with van der Waals surface area (Å²) in [6, 6.07) is 2.48. The van der Waals surface area contributed by atoms with Crippen LogP contribution in [-0.4, -0.2) is 11.2 Å². The summed E-state index contributed by atoms with van der Waals surface area (Å²) in [7, 11) is 0. The summed E-state index contributed by atoms with van der Waals surface area (Å²) in [6.07, 6.45) is 9.87. The predicted octanol–water partition coefficient (Wildman–Crippen LogP) is 3.65. The highest BCUT2D eigenvalue weighted by molar-refractivity contribution is 5.09. The number of aliphatic hydroxyl groups excluding tert-OH is 1. The number of aliphatic hydroxyl groups is 1. The van der Waals surface area contributed by atoms with Crippen molar-refractivity contribution in [3.8, 4) is 6.07 Å². The fourth-order valence-electron chi connectivity index (χ4n) is 3.84. The number of hydrogen-bond acceptors (Lipinski definition) is 2. The summed E-state index contributed by atoms with van der Waals surface area (Å²) < 4.78 is 0. The lowest BCUT2D eigenvalue weighted by Gasteiger charge is -2.33. The van der Waals surface area contributed by atoms with E-state index >= 15 is 0 Å². The Labute approximate surface area is 105 Å². The molecule has 2 aliphatic rings. The van der Waals surface area contributed by atoms with Crippen LogP contribution >= 0.6 is 0 Å². The minimum Gasteiger partial charge on any atom is -0.391 e. The smallest absolute Gasteiger partial charge is 0.0837 e. The third kappa shape index (κ3) is 2.65. The van der Waals surface area contributed by atoms with Crippen molar-refractivity contribution in [3.05, 3.63) is 0 Å².